The topological polar surface area (TPSA) is 53.1 Å². The highest BCUT2D eigenvalue weighted by atomic mass is 16.5. The molecule has 2 N–H and O–H groups in total. The summed E-state index contributed by atoms with van der Waals surface area (Å²) in [6, 6.07) is 6.00. The van der Waals surface area contributed by atoms with Crippen LogP contribution < -0.4 is 10.5 Å². The fraction of sp³-hybridized carbons (Fsp3) is 0.400. The SMILES string of the molecule is Cc1ccc(Oc2c(N)c(C(C)C)nn2C)cc1C. The molecule has 0 saturated heterocycles. The Labute approximate surface area is 114 Å². The minimum atomic E-state index is 0.281. The maximum atomic E-state index is 6.11. The average molecular weight is 259 g/mol. The van der Waals surface area contributed by atoms with Gasteiger partial charge in [-0.3, -0.25) is 0 Å². The standard InChI is InChI=1S/C15H21N3O/c1-9(2)14-13(16)15(18(5)17-14)19-12-7-6-10(3)11(4)8-12/h6-9H,16H2,1-5H3. The Morgan fingerprint density at radius 3 is 2.42 bits per heavy atom. The maximum absolute atomic E-state index is 6.11. The van der Waals surface area contributed by atoms with Crippen molar-refractivity contribution in [2.75, 3.05) is 5.73 Å². The van der Waals surface area contributed by atoms with Gasteiger partial charge in [-0.1, -0.05) is 19.9 Å². The van der Waals surface area contributed by atoms with E-state index in [1.165, 1.54) is 11.1 Å². The predicted molar refractivity (Wildman–Crippen MR) is 77.7 cm³/mol. The number of aromatic nitrogens is 2. The number of rotatable bonds is 3. The molecule has 2 aromatic rings. The fourth-order valence-corrected chi connectivity index (χ4v) is 1.98. The van der Waals surface area contributed by atoms with E-state index in [1.54, 1.807) is 4.68 Å². The smallest absolute Gasteiger partial charge is 0.241 e. The molecule has 0 aliphatic heterocycles. The van der Waals surface area contributed by atoms with Gasteiger partial charge in [0, 0.05) is 7.05 Å². The average Bonchev–Trinajstić information content (AvgIpc) is 2.62. The molecule has 0 unspecified atom stereocenters. The Bertz CT molecular complexity index is 600. The van der Waals surface area contributed by atoms with Crippen LogP contribution >= 0.6 is 0 Å². The van der Waals surface area contributed by atoms with E-state index >= 15 is 0 Å². The normalized spacial score (nSPS) is 11.1. The van der Waals surface area contributed by atoms with Crippen LogP contribution in [0, 0.1) is 13.8 Å². The Morgan fingerprint density at radius 2 is 1.89 bits per heavy atom. The summed E-state index contributed by atoms with van der Waals surface area (Å²) in [6.07, 6.45) is 0. The lowest BCUT2D eigenvalue weighted by atomic mass is 10.1. The third-order valence-corrected chi connectivity index (χ3v) is 3.30. The van der Waals surface area contributed by atoms with Gasteiger partial charge in [-0.05, 0) is 43.0 Å². The highest BCUT2D eigenvalue weighted by Gasteiger charge is 2.17. The summed E-state index contributed by atoms with van der Waals surface area (Å²) < 4.78 is 7.58. The van der Waals surface area contributed by atoms with Gasteiger partial charge in [0.1, 0.15) is 11.4 Å². The molecule has 1 aromatic carbocycles. The van der Waals surface area contributed by atoms with Crippen LogP contribution in [0.3, 0.4) is 0 Å². The van der Waals surface area contributed by atoms with Crippen molar-refractivity contribution < 1.29 is 4.74 Å². The lowest BCUT2D eigenvalue weighted by molar-refractivity contribution is 0.432. The summed E-state index contributed by atoms with van der Waals surface area (Å²) in [7, 11) is 1.85. The molecule has 0 radical (unpaired) electrons. The van der Waals surface area contributed by atoms with E-state index in [-0.39, 0.29) is 5.92 Å². The van der Waals surface area contributed by atoms with Gasteiger partial charge in [0.25, 0.3) is 0 Å². The summed E-state index contributed by atoms with van der Waals surface area (Å²) in [5.41, 5.74) is 10.1. The van der Waals surface area contributed by atoms with E-state index in [2.05, 4.69) is 32.8 Å². The van der Waals surface area contributed by atoms with Crippen molar-refractivity contribution in [3.63, 3.8) is 0 Å². The quantitative estimate of drug-likeness (QED) is 0.917. The maximum Gasteiger partial charge on any atom is 0.241 e. The number of ether oxygens (including phenoxy) is 1. The molecule has 0 bridgehead atoms. The third kappa shape index (κ3) is 2.57. The Hall–Kier alpha value is -1.97. The zero-order valence-corrected chi connectivity index (χ0v) is 12.2. The highest BCUT2D eigenvalue weighted by Crippen LogP contribution is 2.33. The van der Waals surface area contributed by atoms with E-state index in [0.717, 1.165) is 11.4 Å². The van der Waals surface area contributed by atoms with Crippen LogP contribution in [0.25, 0.3) is 0 Å². The molecular weight excluding hydrogens is 238 g/mol. The van der Waals surface area contributed by atoms with Crippen LogP contribution in [0.5, 0.6) is 11.6 Å². The van der Waals surface area contributed by atoms with Crippen molar-refractivity contribution in [3.8, 4) is 11.6 Å². The second kappa shape index (κ2) is 4.96. The Balaban J connectivity index is 2.35. The van der Waals surface area contributed by atoms with Crippen LogP contribution in [-0.2, 0) is 7.05 Å². The van der Waals surface area contributed by atoms with E-state index in [4.69, 9.17) is 10.5 Å². The molecule has 4 heteroatoms. The molecule has 2 rings (SSSR count). The number of hydrogen-bond donors (Lipinski definition) is 1. The minimum Gasteiger partial charge on any atom is -0.437 e. The Kier molecular flexibility index (Phi) is 3.51. The highest BCUT2D eigenvalue weighted by molar-refractivity contribution is 5.55. The van der Waals surface area contributed by atoms with Crippen molar-refractivity contribution in [1.29, 1.82) is 0 Å². The molecule has 0 aliphatic carbocycles. The van der Waals surface area contributed by atoms with Gasteiger partial charge in [0.2, 0.25) is 5.88 Å². The van der Waals surface area contributed by atoms with E-state index in [0.29, 0.717) is 11.6 Å². The molecule has 1 aromatic heterocycles. The molecule has 0 spiro atoms. The summed E-state index contributed by atoms with van der Waals surface area (Å²) in [4.78, 5) is 0. The Morgan fingerprint density at radius 1 is 1.21 bits per heavy atom. The fourth-order valence-electron chi connectivity index (χ4n) is 1.98. The van der Waals surface area contributed by atoms with Crippen molar-refractivity contribution in [3.05, 3.63) is 35.0 Å². The first-order valence-electron chi connectivity index (χ1n) is 6.47. The molecule has 0 atom stereocenters. The zero-order chi connectivity index (χ0) is 14.2. The number of nitrogens with zero attached hydrogens (tertiary/aromatic N) is 2. The molecule has 4 nitrogen and oxygen atoms in total. The second-order valence-electron chi connectivity index (χ2n) is 5.23. The van der Waals surface area contributed by atoms with Crippen LogP contribution in [0.2, 0.25) is 0 Å². The molecule has 0 saturated carbocycles. The summed E-state index contributed by atoms with van der Waals surface area (Å²) in [5, 5.41) is 4.41. The molecule has 1 heterocycles. The largest absolute Gasteiger partial charge is 0.437 e. The minimum absolute atomic E-state index is 0.281. The molecule has 0 aliphatic rings. The number of anilines is 1. The van der Waals surface area contributed by atoms with Crippen LogP contribution in [0.15, 0.2) is 18.2 Å². The van der Waals surface area contributed by atoms with Crippen molar-refractivity contribution in [2.45, 2.75) is 33.6 Å². The first-order chi connectivity index (χ1) is 8.90. The molecule has 102 valence electrons. The lowest BCUT2D eigenvalue weighted by Crippen LogP contribution is -1.97. The number of nitrogens with two attached hydrogens (primary N) is 1. The van der Waals surface area contributed by atoms with Crippen molar-refractivity contribution in [1.82, 2.24) is 9.78 Å². The summed E-state index contributed by atoms with van der Waals surface area (Å²) in [5.74, 6) is 1.67. The van der Waals surface area contributed by atoms with Crippen LogP contribution in [-0.4, -0.2) is 9.78 Å². The van der Waals surface area contributed by atoms with E-state index in [9.17, 15) is 0 Å². The molecule has 0 amide bonds. The first-order valence-corrected chi connectivity index (χ1v) is 6.47. The summed E-state index contributed by atoms with van der Waals surface area (Å²) >= 11 is 0. The number of hydrogen-bond acceptors (Lipinski definition) is 3. The van der Waals surface area contributed by atoms with Crippen LogP contribution in [0.1, 0.15) is 36.6 Å². The van der Waals surface area contributed by atoms with E-state index < -0.39 is 0 Å². The summed E-state index contributed by atoms with van der Waals surface area (Å²) in [6.45, 7) is 8.28. The number of nitrogen functional groups attached to an aromatic ring is 1. The number of benzene rings is 1. The van der Waals surface area contributed by atoms with Gasteiger partial charge in [0.05, 0.1) is 5.69 Å². The van der Waals surface area contributed by atoms with Crippen molar-refractivity contribution in [2.24, 2.45) is 7.05 Å². The molecular formula is C15H21N3O. The van der Waals surface area contributed by atoms with Gasteiger partial charge in [-0.2, -0.15) is 5.10 Å². The van der Waals surface area contributed by atoms with Gasteiger partial charge < -0.3 is 10.5 Å². The number of aryl methyl sites for hydroxylation is 3. The zero-order valence-electron chi connectivity index (χ0n) is 12.2. The lowest BCUT2D eigenvalue weighted by Gasteiger charge is -2.08. The third-order valence-electron chi connectivity index (χ3n) is 3.30. The first kappa shape index (κ1) is 13.5. The van der Waals surface area contributed by atoms with Gasteiger partial charge in [-0.15, -0.1) is 0 Å². The monoisotopic (exact) mass is 259 g/mol. The predicted octanol–water partition coefficient (Wildman–Crippen LogP) is 3.53. The van der Waals surface area contributed by atoms with Crippen LogP contribution in [0.4, 0.5) is 5.69 Å². The molecule has 19 heavy (non-hydrogen) atoms. The van der Waals surface area contributed by atoms with E-state index in [1.807, 2.05) is 25.2 Å². The van der Waals surface area contributed by atoms with Crippen molar-refractivity contribution >= 4 is 5.69 Å². The van der Waals surface area contributed by atoms with Gasteiger partial charge in [-0.25, -0.2) is 4.68 Å². The molecule has 0 fully saturated rings. The second-order valence-corrected chi connectivity index (χ2v) is 5.23. The van der Waals surface area contributed by atoms with Gasteiger partial charge >= 0.3 is 0 Å². The van der Waals surface area contributed by atoms with Gasteiger partial charge in [0.15, 0.2) is 0 Å².